The third-order valence-electron chi connectivity index (χ3n) is 2.29. The zero-order valence-corrected chi connectivity index (χ0v) is 12.6. The predicted octanol–water partition coefficient (Wildman–Crippen LogP) is 2.60. The van der Waals surface area contributed by atoms with Gasteiger partial charge in [-0.05, 0) is 32.0 Å². The van der Waals surface area contributed by atoms with Crippen LogP contribution >= 0.6 is 23.2 Å². The highest BCUT2D eigenvalue weighted by molar-refractivity contribution is 6.35. The van der Waals surface area contributed by atoms with Gasteiger partial charge in [-0.15, -0.1) is 0 Å². The lowest BCUT2D eigenvalue weighted by atomic mass is 10.1. The number of carbonyl (C=O) groups excluding carboxylic acids is 1. The molecule has 1 rings (SSSR count). The SMILES string of the molecule is CN(CC(C)(C)O)C(=O)COc1ccc(Cl)cc1Cl. The fourth-order valence-corrected chi connectivity index (χ4v) is 1.97. The first kappa shape index (κ1) is 16.1. The Morgan fingerprint density at radius 1 is 1.42 bits per heavy atom. The molecule has 0 saturated carbocycles. The Hall–Kier alpha value is -0.970. The van der Waals surface area contributed by atoms with E-state index in [4.69, 9.17) is 27.9 Å². The zero-order chi connectivity index (χ0) is 14.6. The first-order chi connectivity index (χ1) is 8.69. The molecule has 0 aliphatic rings. The molecule has 0 aliphatic carbocycles. The number of amides is 1. The normalized spacial score (nSPS) is 11.3. The molecule has 0 radical (unpaired) electrons. The molecule has 1 aromatic rings. The average molecular weight is 306 g/mol. The molecule has 0 fully saturated rings. The molecule has 0 atom stereocenters. The highest BCUT2D eigenvalue weighted by atomic mass is 35.5. The Bertz CT molecular complexity index is 458. The molecule has 0 spiro atoms. The van der Waals surface area contributed by atoms with E-state index in [-0.39, 0.29) is 19.1 Å². The largest absolute Gasteiger partial charge is 0.482 e. The number of aliphatic hydroxyl groups is 1. The van der Waals surface area contributed by atoms with Gasteiger partial charge >= 0.3 is 0 Å². The Labute approximate surface area is 122 Å². The second-order valence-electron chi connectivity index (χ2n) is 4.93. The topological polar surface area (TPSA) is 49.8 Å². The molecule has 0 aromatic heterocycles. The smallest absolute Gasteiger partial charge is 0.260 e. The number of benzene rings is 1. The number of ether oxygens (including phenoxy) is 1. The molecule has 0 bridgehead atoms. The van der Waals surface area contributed by atoms with Crippen LogP contribution in [0, 0.1) is 0 Å². The summed E-state index contributed by atoms with van der Waals surface area (Å²) in [5.74, 6) is 0.157. The minimum Gasteiger partial charge on any atom is -0.482 e. The van der Waals surface area contributed by atoms with E-state index in [1.807, 2.05) is 0 Å². The van der Waals surface area contributed by atoms with Gasteiger partial charge in [-0.25, -0.2) is 0 Å². The van der Waals surface area contributed by atoms with Crippen molar-refractivity contribution in [2.75, 3.05) is 20.2 Å². The van der Waals surface area contributed by atoms with Gasteiger partial charge in [-0.3, -0.25) is 4.79 Å². The summed E-state index contributed by atoms with van der Waals surface area (Å²) in [6, 6.07) is 4.78. The number of carbonyl (C=O) groups is 1. The molecule has 0 unspecified atom stereocenters. The minimum atomic E-state index is -0.942. The quantitative estimate of drug-likeness (QED) is 0.909. The Balaban J connectivity index is 2.54. The van der Waals surface area contributed by atoms with Crippen molar-refractivity contribution in [3.63, 3.8) is 0 Å². The fraction of sp³-hybridized carbons (Fsp3) is 0.462. The van der Waals surface area contributed by atoms with Gasteiger partial charge in [-0.1, -0.05) is 23.2 Å². The van der Waals surface area contributed by atoms with Gasteiger partial charge in [0.05, 0.1) is 10.6 Å². The molecule has 1 aromatic carbocycles. The molecule has 1 amide bonds. The summed E-state index contributed by atoms with van der Waals surface area (Å²) >= 11 is 11.7. The Kier molecular flexibility index (Phi) is 5.47. The lowest BCUT2D eigenvalue weighted by Gasteiger charge is -2.25. The van der Waals surface area contributed by atoms with Crippen LogP contribution in [0.2, 0.25) is 10.0 Å². The van der Waals surface area contributed by atoms with Gasteiger partial charge in [0.2, 0.25) is 0 Å². The minimum absolute atomic E-state index is 0.145. The summed E-state index contributed by atoms with van der Waals surface area (Å²) < 4.78 is 5.33. The average Bonchev–Trinajstić information content (AvgIpc) is 2.25. The van der Waals surface area contributed by atoms with Crippen molar-refractivity contribution in [3.8, 4) is 5.75 Å². The van der Waals surface area contributed by atoms with E-state index in [9.17, 15) is 9.90 Å². The number of rotatable bonds is 5. The molecule has 106 valence electrons. The van der Waals surface area contributed by atoms with Gasteiger partial charge in [0.15, 0.2) is 6.61 Å². The van der Waals surface area contributed by atoms with Crippen LogP contribution in [0.1, 0.15) is 13.8 Å². The molecular formula is C13H17Cl2NO3. The lowest BCUT2D eigenvalue weighted by Crippen LogP contribution is -2.41. The molecular weight excluding hydrogens is 289 g/mol. The number of halogens is 2. The molecule has 6 heteroatoms. The highest BCUT2D eigenvalue weighted by Crippen LogP contribution is 2.27. The van der Waals surface area contributed by atoms with Crippen LogP contribution in [-0.4, -0.2) is 41.7 Å². The third kappa shape index (κ3) is 5.68. The maximum absolute atomic E-state index is 11.8. The molecule has 0 heterocycles. The van der Waals surface area contributed by atoms with Crippen LogP contribution in [0.25, 0.3) is 0 Å². The van der Waals surface area contributed by atoms with E-state index in [2.05, 4.69) is 0 Å². The number of nitrogens with zero attached hydrogens (tertiary/aromatic N) is 1. The summed E-state index contributed by atoms with van der Waals surface area (Å²) in [5.41, 5.74) is -0.942. The molecule has 0 saturated heterocycles. The molecule has 4 nitrogen and oxygen atoms in total. The van der Waals surface area contributed by atoms with Crippen molar-refractivity contribution in [1.29, 1.82) is 0 Å². The van der Waals surface area contributed by atoms with Crippen molar-refractivity contribution in [2.24, 2.45) is 0 Å². The van der Waals surface area contributed by atoms with Crippen molar-refractivity contribution in [3.05, 3.63) is 28.2 Å². The van der Waals surface area contributed by atoms with Crippen LogP contribution < -0.4 is 4.74 Å². The van der Waals surface area contributed by atoms with Crippen LogP contribution in [0.4, 0.5) is 0 Å². The first-order valence-electron chi connectivity index (χ1n) is 5.73. The van der Waals surface area contributed by atoms with Crippen LogP contribution in [0.5, 0.6) is 5.75 Å². The van der Waals surface area contributed by atoms with E-state index in [0.717, 1.165) is 0 Å². The van der Waals surface area contributed by atoms with Crippen LogP contribution in [0.3, 0.4) is 0 Å². The van der Waals surface area contributed by atoms with Crippen molar-refractivity contribution < 1.29 is 14.6 Å². The Morgan fingerprint density at radius 2 is 2.05 bits per heavy atom. The lowest BCUT2D eigenvalue weighted by molar-refractivity contribution is -0.134. The predicted molar refractivity (Wildman–Crippen MR) is 75.9 cm³/mol. The molecule has 0 aliphatic heterocycles. The summed E-state index contributed by atoms with van der Waals surface area (Å²) in [6.45, 7) is 3.35. The monoisotopic (exact) mass is 305 g/mol. The van der Waals surface area contributed by atoms with Crippen LogP contribution in [0.15, 0.2) is 18.2 Å². The van der Waals surface area contributed by atoms with Gasteiger partial charge in [0, 0.05) is 18.6 Å². The molecule has 19 heavy (non-hydrogen) atoms. The van der Waals surface area contributed by atoms with E-state index in [1.165, 1.54) is 4.90 Å². The van der Waals surface area contributed by atoms with E-state index >= 15 is 0 Å². The third-order valence-corrected chi connectivity index (χ3v) is 2.83. The van der Waals surface area contributed by atoms with Crippen molar-refractivity contribution in [1.82, 2.24) is 4.90 Å². The number of hydrogen-bond acceptors (Lipinski definition) is 3. The van der Waals surface area contributed by atoms with Gasteiger partial charge in [0.25, 0.3) is 5.91 Å². The first-order valence-corrected chi connectivity index (χ1v) is 6.49. The van der Waals surface area contributed by atoms with Crippen LogP contribution in [-0.2, 0) is 4.79 Å². The Morgan fingerprint density at radius 3 is 2.58 bits per heavy atom. The van der Waals surface area contributed by atoms with Crippen molar-refractivity contribution in [2.45, 2.75) is 19.4 Å². The summed E-state index contributed by atoms with van der Waals surface area (Å²) in [5, 5.41) is 10.5. The second-order valence-corrected chi connectivity index (χ2v) is 5.77. The maximum atomic E-state index is 11.8. The second kappa shape index (κ2) is 6.46. The number of hydrogen-bond donors (Lipinski definition) is 1. The zero-order valence-electron chi connectivity index (χ0n) is 11.1. The summed E-state index contributed by atoms with van der Waals surface area (Å²) in [4.78, 5) is 13.2. The van der Waals surface area contributed by atoms with Crippen molar-refractivity contribution >= 4 is 29.1 Å². The molecule has 1 N–H and O–H groups in total. The highest BCUT2D eigenvalue weighted by Gasteiger charge is 2.19. The maximum Gasteiger partial charge on any atom is 0.260 e. The van der Waals surface area contributed by atoms with E-state index in [1.54, 1.807) is 39.1 Å². The standard InChI is InChI=1S/C13H17Cl2NO3/c1-13(2,18)8-16(3)12(17)7-19-11-5-4-9(14)6-10(11)15/h4-6,18H,7-8H2,1-3H3. The van der Waals surface area contributed by atoms with E-state index < -0.39 is 5.60 Å². The number of likely N-dealkylation sites (N-methyl/N-ethyl adjacent to an activating group) is 1. The van der Waals surface area contributed by atoms with Gasteiger partial charge in [-0.2, -0.15) is 0 Å². The summed E-state index contributed by atoms with van der Waals surface area (Å²) in [7, 11) is 1.60. The van der Waals surface area contributed by atoms with Gasteiger partial charge < -0.3 is 14.7 Å². The van der Waals surface area contributed by atoms with E-state index in [0.29, 0.717) is 15.8 Å². The fourth-order valence-electron chi connectivity index (χ4n) is 1.51. The summed E-state index contributed by atoms with van der Waals surface area (Å²) in [6.07, 6.45) is 0. The van der Waals surface area contributed by atoms with Gasteiger partial charge in [0.1, 0.15) is 5.75 Å².